The van der Waals surface area contributed by atoms with E-state index in [2.05, 4.69) is 46.8 Å². The number of anilines is 2. The van der Waals surface area contributed by atoms with Crippen LogP contribution in [-0.2, 0) is 0 Å². The Labute approximate surface area is 106 Å². The molecule has 3 heteroatoms. The van der Waals surface area contributed by atoms with Crippen molar-refractivity contribution in [3.05, 3.63) is 18.2 Å². The van der Waals surface area contributed by atoms with E-state index in [9.17, 15) is 5.11 Å². The molecule has 0 aliphatic heterocycles. The SMILES string of the molecule is C#CC#CC#CC#CCNc1cc(N)ccc1O. The third kappa shape index (κ3) is 4.59. The number of rotatable bonds is 2. The van der Waals surface area contributed by atoms with Crippen LogP contribution in [-0.4, -0.2) is 11.7 Å². The summed E-state index contributed by atoms with van der Waals surface area (Å²) in [7, 11) is 0. The molecule has 1 aromatic rings. The molecule has 0 atom stereocenters. The number of phenols is 1. The third-order valence-corrected chi connectivity index (χ3v) is 1.80. The van der Waals surface area contributed by atoms with Gasteiger partial charge in [-0.05, 0) is 53.7 Å². The molecule has 4 N–H and O–H groups in total. The van der Waals surface area contributed by atoms with Crippen LogP contribution < -0.4 is 11.1 Å². The highest BCUT2D eigenvalue weighted by atomic mass is 16.3. The molecule has 0 amide bonds. The molecule has 0 fully saturated rings. The molecule has 0 aromatic heterocycles. The largest absolute Gasteiger partial charge is 0.506 e. The molecule has 86 valence electrons. The average Bonchev–Trinajstić information content (AvgIpc) is 2.36. The molecule has 18 heavy (non-hydrogen) atoms. The summed E-state index contributed by atoms with van der Waals surface area (Å²) in [5, 5.41) is 12.4. The molecule has 0 saturated heterocycles. The van der Waals surface area contributed by atoms with Gasteiger partial charge in [-0.3, -0.25) is 0 Å². The van der Waals surface area contributed by atoms with Crippen LogP contribution in [0.3, 0.4) is 0 Å². The van der Waals surface area contributed by atoms with Crippen LogP contribution >= 0.6 is 0 Å². The number of nitrogens with one attached hydrogen (secondary N) is 1. The van der Waals surface area contributed by atoms with E-state index in [1.165, 1.54) is 6.07 Å². The Hall–Kier alpha value is -3.14. The first-order valence-electron chi connectivity index (χ1n) is 5.00. The van der Waals surface area contributed by atoms with Gasteiger partial charge in [-0.2, -0.15) is 0 Å². The summed E-state index contributed by atoms with van der Waals surface area (Å²) in [5.41, 5.74) is 6.68. The summed E-state index contributed by atoms with van der Waals surface area (Å²) < 4.78 is 0. The molecule has 0 radical (unpaired) electrons. The van der Waals surface area contributed by atoms with Crippen molar-refractivity contribution < 1.29 is 5.11 Å². The summed E-state index contributed by atoms with van der Waals surface area (Å²) in [6, 6.07) is 4.75. The predicted octanol–water partition coefficient (Wildman–Crippen LogP) is 1.03. The molecule has 0 aliphatic carbocycles. The normalized spacial score (nSPS) is 7.28. The number of phenolic OH excluding ortho intramolecular Hbond substituents is 1. The fourth-order valence-electron chi connectivity index (χ4n) is 1.05. The monoisotopic (exact) mass is 234 g/mol. The second kappa shape index (κ2) is 7.19. The number of hydrogen-bond acceptors (Lipinski definition) is 3. The minimum atomic E-state index is 0.122. The molecule has 1 aromatic carbocycles. The van der Waals surface area contributed by atoms with Crippen molar-refractivity contribution in [1.29, 1.82) is 0 Å². The van der Waals surface area contributed by atoms with Crippen LogP contribution in [0.25, 0.3) is 0 Å². The average molecular weight is 234 g/mol. The van der Waals surface area contributed by atoms with E-state index < -0.39 is 0 Å². The van der Waals surface area contributed by atoms with Gasteiger partial charge in [0.05, 0.1) is 12.2 Å². The van der Waals surface area contributed by atoms with Crippen molar-refractivity contribution in [2.75, 3.05) is 17.6 Å². The molecule has 0 heterocycles. The summed E-state index contributed by atoms with van der Waals surface area (Å²) in [5.74, 6) is 17.4. The Bertz CT molecular complexity index is 649. The zero-order chi connectivity index (χ0) is 13.2. The Morgan fingerprint density at radius 3 is 2.67 bits per heavy atom. The van der Waals surface area contributed by atoms with Crippen molar-refractivity contribution in [3.63, 3.8) is 0 Å². The van der Waals surface area contributed by atoms with E-state index in [1.807, 2.05) is 0 Å². The molecular weight excluding hydrogens is 224 g/mol. The number of hydrogen-bond donors (Lipinski definition) is 3. The lowest BCUT2D eigenvalue weighted by molar-refractivity contribution is 0.477. The van der Waals surface area contributed by atoms with Gasteiger partial charge in [0.1, 0.15) is 5.75 Å². The van der Waals surface area contributed by atoms with Crippen LogP contribution in [0.4, 0.5) is 11.4 Å². The third-order valence-electron chi connectivity index (χ3n) is 1.80. The van der Waals surface area contributed by atoms with Gasteiger partial charge in [0.2, 0.25) is 0 Å². The lowest BCUT2D eigenvalue weighted by Crippen LogP contribution is -1.99. The topological polar surface area (TPSA) is 58.3 Å². The Morgan fingerprint density at radius 1 is 1.17 bits per heavy atom. The van der Waals surface area contributed by atoms with Crippen molar-refractivity contribution in [2.45, 2.75) is 0 Å². The van der Waals surface area contributed by atoms with Gasteiger partial charge in [0.25, 0.3) is 0 Å². The van der Waals surface area contributed by atoms with Gasteiger partial charge >= 0.3 is 0 Å². The molecule has 0 aliphatic rings. The van der Waals surface area contributed by atoms with Crippen LogP contribution in [0.2, 0.25) is 0 Å². The second-order valence-corrected chi connectivity index (χ2v) is 3.08. The van der Waals surface area contributed by atoms with E-state index in [4.69, 9.17) is 12.2 Å². The quantitative estimate of drug-likeness (QED) is 0.310. The van der Waals surface area contributed by atoms with Gasteiger partial charge in [-0.1, -0.05) is 5.92 Å². The van der Waals surface area contributed by atoms with Crippen LogP contribution in [0.15, 0.2) is 18.2 Å². The van der Waals surface area contributed by atoms with Gasteiger partial charge in [-0.15, -0.1) is 6.42 Å². The first kappa shape index (κ1) is 12.9. The van der Waals surface area contributed by atoms with Gasteiger partial charge in [0.15, 0.2) is 0 Å². The Morgan fingerprint density at radius 2 is 1.89 bits per heavy atom. The van der Waals surface area contributed by atoms with Crippen molar-refractivity contribution >= 4 is 11.4 Å². The number of benzene rings is 1. The van der Waals surface area contributed by atoms with E-state index >= 15 is 0 Å². The number of nitrogens with two attached hydrogens (primary N) is 1. The fourth-order valence-corrected chi connectivity index (χ4v) is 1.05. The highest BCUT2D eigenvalue weighted by Crippen LogP contribution is 2.24. The Kier molecular flexibility index (Phi) is 5.16. The van der Waals surface area contributed by atoms with Crippen LogP contribution in [0.1, 0.15) is 0 Å². The van der Waals surface area contributed by atoms with Gasteiger partial charge in [-0.25, -0.2) is 0 Å². The maximum Gasteiger partial charge on any atom is 0.138 e. The zero-order valence-electron chi connectivity index (χ0n) is 9.54. The van der Waals surface area contributed by atoms with Gasteiger partial charge in [0, 0.05) is 5.69 Å². The van der Waals surface area contributed by atoms with Crippen molar-refractivity contribution in [1.82, 2.24) is 0 Å². The molecule has 1 rings (SSSR count). The summed E-state index contributed by atoms with van der Waals surface area (Å²) in [4.78, 5) is 0. The Balaban J connectivity index is 2.52. The molecule has 0 spiro atoms. The smallest absolute Gasteiger partial charge is 0.138 e. The fraction of sp³-hybridized carbons (Fsp3) is 0.0667. The highest BCUT2D eigenvalue weighted by Gasteiger charge is 1.98. The lowest BCUT2D eigenvalue weighted by Gasteiger charge is -2.05. The van der Waals surface area contributed by atoms with Crippen molar-refractivity contribution in [3.8, 4) is 53.6 Å². The summed E-state index contributed by atoms with van der Waals surface area (Å²) in [6.45, 7) is 0.342. The second-order valence-electron chi connectivity index (χ2n) is 3.08. The summed E-state index contributed by atoms with van der Waals surface area (Å²) >= 11 is 0. The highest BCUT2D eigenvalue weighted by molar-refractivity contribution is 5.63. The lowest BCUT2D eigenvalue weighted by atomic mass is 10.2. The van der Waals surface area contributed by atoms with E-state index in [0.29, 0.717) is 17.9 Å². The number of terminal acetylenes is 1. The van der Waals surface area contributed by atoms with E-state index in [-0.39, 0.29) is 5.75 Å². The molecule has 0 unspecified atom stereocenters. The zero-order valence-corrected chi connectivity index (χ0v) is 9.54. The number of aromatic hydroxyl groups is 1. The summed E-state index contributed by atoms with van der Waals surface area (Å²) in [6.07, 6.45) is 4.91. The van der Waals surface area contributed by atoms with Crippen molar-refractivity contribution in [2.24, 2.45) is 0 Å². The standard InChI is InChI=1S/C15H10N2O/c1-2-3-4-5-6-7-8-11-17-14-12-13(16)9-10-15(14)18/h1,9-10,12,17-18H,11,16H2. The minimum Gasteiger partial charge on any atom is -0.506 e. The number of nitrogen functional groups attached to an aromatic ring is 1. The van der Waals surface area contributed by atoms with Crippen LogP contribution in [0, 0.1) is 47.9 Å². The molecule has 3 nitrogen and oxygen atoms in total. The van der Waals surface area contributed by atoms with E-state index in [1.54, 1.807) is 12.1 Å². The molecule has 0 saturated carbocycles. The first-order chi connectivity index (χ1) is 8.74. The maximum atomic E-state index is 9.50. The molecule has 0 bridgehead atoms. The first-order valence-corrected chi connectivity index (χ1v) is 5.00. The predicted molar refractivity (Wildman–Crippen MR) is 73.2 cm³/mol. The molecular formula is C15H10N2O. The van der Waals surface area contributed by atoms with Gasteiger partial charge < -0.3 is 16.2 Å². The van der Waals surface area contributed by atoms with Crippen LogP contribution in [0.5, 0.6) is 5.75 Å². The maximum absolute atomic E-state index is 9.50. The minimum absolute atomic E-state index is 0.122. The van der Waals surface area contributed by atoms with E-state index in [0.717, 1.165) is 0 Å².